The second-order valence-corrected chi connectivity index (χ2v) is 4.91. The number of H-pyrrole nitrogens is 1. The summed E-state index contributed by atoms with van der Waals surface area (Å²) in [6.07, 6.45) is 3.16. The third-order valence-electron chi connectivity index (χ3n) is 3.60. The first kappa shape index (κ1) is 13.1. The Kier molecular flexibility index (Phi) is 4.36. The third kappa shape index (κ3) is 3.10. The number of piperidine rings is 1. The predicted molar refractivity (Wildman–Crippen MR) is 73.1 cm³/mol. The van der Waals surface area contributed by atoms with E-state index in [-0.39, 0.29) is 5.56 Å². The molecule has 1 aromatic rings. The molecule has 0 unspecified atom stereocenters. The standard InChI is InChI=1S/C13H22N4O/c1-3-11-9(2)12(18)17-13(16-11)15-8-10-4-6-14-7-5-10/h10,14H,3-8H2,1-2H3,(H2,15,16,17,18). The number of aryl methyl sites for hydroxylation is 1. The van der Waals surface area contributed by atoms with Crippen LogP contribution in [0.2, 0.25) is 0 Å². The molecule has 3 N–H and O–H groups in total. The Morgan fingerprint density at radius 1 is 1.39 bits per heavy atom. The molecule has 0 aliphatic carbocycles. The topological polar surface area (TPSA) is 69.8 Å². The molecule has 1 aliphatic heterocycles. The van der Waals surface area contributed by atoms with E-state index in [0.717, 1.165) is 37.3 Å². The van der Waals surface area contributed by atoms with Crippen molar-refractivity contribution in [3.05, 3.63) is 21.6 Å². The quantitative estimate of drug-likeness (QED) is 0.747. The Hall–Kier alpha value is -1.36. The molecule has 1 aromatic heterocycles. The van der Waals surface area contributed by atoms with Crippen LogP contribution in [0, 0.1) is 12.8 Å². The number of hydrogen-bond acceptors (Lipinski definition) is 4. The molecule has 2 rings (SSSR count). The average Bonchev–Trinajstić information content (AvgIpc) is 2.41. The van der Waals surface area contributed by atoms with Crippen LogP contribution in [0.3, 0.4) is 0 Å². The van der Waals surface area contributed by atoms with Crippen molar-refractivity contribution in [2.75, 3.05) is 25.0 Å². The molecule has 5 heteroatoms. The summed E-state index contributed by atoms with van der Waals surface area (Å²) in [4.78, 5) is 19.0. The molecule has 0 saturated carbocycles. The van der Waals surface area contributed by atoms with Gasteiger partial charge in [-0.2, -0.15) is 0 Å². The highest BCUT2D eigenvalue weighted by Crippen LogP contribution is 2.12. The van der Waals surface area contributed by atoms with Crippen LogP contribution in [0.25, 0.3) is 0 Å². The van der Waals surface area contributed by atoms with Gasteiger partial charge in [0.2, 0.25) is 5.95 Å². The molecule has 0 bridgehead atoms. The summed E-state index contributed by atoms with van der Waals surface area (Å²) in [5.41, 5.74) is 1.58. The molecule has 1 saturated heterocycles. The van der Waals surface area contributed by atoms with E-state index in [9.17, 15) is 4.79 Å². The van der Waals surface area contributed by atoms with E-state index in [2.05, 4.69) is 20.6 Å². The number of nitrogens with one attached hydrogen (secondary N) is 3. The Morgan fingerprint density at radius 3 is 2.78 bits per heavy atom. The molecule has 18 heavy (non-hydrogen) atoms. The summed E-state index contributed by atoms with van der Waals surface area (Å²) in [7, 11) is 0. The van der Waals surface area contributed by atoms with Crippen LogP contribution in [0.5, 0.6) is 0 Å². The minimum atomic E-state index is -0.0327. The molecular weight excluding hydrogens is 228 g/mol. The number of hydrogen-bond donors (Lipinski definition) is 3. The Morgan fingerprint density at radius 2 is 2.11 bits per heavy atom. The number of anilines is 1. The van der Waals surface area contributed by atoms with Gasteiger partial charge in [-0.3, -0.25) is 9.78 Å². The fraction of sp³-hybridized carbons (Fsp3) is 0.692. The largest absolute Gasteiger partial charge is 0.355 e. The van der Waals surface area contributed by atoms with Crippen LogP contribution in [0.4, 0.5) is 5.95 Å². The van der Waals surface area contributed by atoms with E-state index in [0.29, 0.717) is 11.9 Å². The Balaban J connectivity index is 2.00. The fourth-order valence-electron chi connectivity index (χ4n) is 2.33. The zero-order valence-electron chi connectivity index (χ0n) is 11.2. The van der Waals surface area contributed by atoms with Crippen LogP contribution < -0.4 is 16.2 Å². The zero-order valence-corrected chi connectivity index (χ0v) is 11.2. The van der Waals surface area contributed by atoms with Gasteiger partial charge in [0.1, 0.15) is 0 Å². The molecule has 1 fully saturated rings. The molecule has 5 nitrogen and oxygen atoms in total. The summed E-state index contributed by atoms with van der Waals surface area (Å²) in [5, 5.41) is 6.61. The molecule has 0 spiro atoms. The highest BCUT2D eigenvalue weighted by atomic mass is 16.1. The van der Waals surface area contributed by atoms with Crippen LogP contribution in [0.15, 0.2) is 4.79 Å². The lowest BCUT2D eigenvalue weighted by Crippen LogP contribution is -2.31. The summed E-state index contributed by atoms with van der Waals surface area (Å²) in [6, 6.07) is 0. The van der Waals surface area contributed by atoms with Crippen molar-refractivity contribution < 1.29 is 0 Å². The van der Waals surface area contributed by atoms with Crippen LogP contribution in [-0.4, -0.2) is 29.6 Å². The molecule has 2 heterocycles. The summed E-state index contributed by atoms with van der Waals surface area (Å²) >= 11 is 0. The summed E-state index contributed by atoms with van der Waals surface area (Å²) in [5.74, 6) is 1.28. The van der Waals surface area contributed by atoms with Gasteiger partial charge in [0.25, 0.3) is 5.56 Å². The molecule has 0 radical (unpaired) electrons. The lowest BCUT2D eigenvalue weighted by Gasteiger charge is -2.22. The first-order chi connectivity index (χ1) is 8.70. The second-order valence-electron chi connectivity index (χ2n) is 4.91. The molecule has 100 valence electrons. The molecule has 0 atom stereocenters. The van der Waals surface area contributed by atoms with E-state index in [1.54, 1.807) is 0 Å². The number of aromatic nitrogens is 2. The van der Waals surface area contributed by atoms with E-state index in [1.165, 1.54) is 12.8 Å². The third-order valence-corrected chi connectivity index (χ3v) is 3.60. The minimum absolute atomic E-state index is 0.0327. The summed E-state index contributed by atoms with van der Waals surface area (Å²) < 4.78 is 0. The van der Waals surface area contributed by atoms with E-state index < -0.39 is 0 Å². The van der Waals surface area contributed by atoms with Crippen molar-refractivity contribution in [1.29, 1.82) is 0 Å². The van der Waals surface area contributed by atoms with Crippen LogP contribution in [-0.2, 0) is 6.42 Å². The number of rotatable bonds is 4. The number of nitrogens with zero attached hydrogens (tertiary/aromatic N) is 1. The molecule has 1 aliphatic rings. The van der Waals surface area contributed by atoms with Gasteiger partial charge in [-0.1, -0.05) is 6.92 Å². The zero-order chi connectivity index (χ0) is 13.0. The second kappa shape index (κ2) is 6.00. The van der Waals surface area contributed by atoms with Crippen molar-refractivity contribution in [3.8, 4) is 0 Å². The van der Waals surface area contributed by atoms with Crippen LogP contribution in [0.1, 0.15) is 31.0 Å². The van der Waals surface area contributed by atoms with E-state index in [4.69, 9.17) is 0 Å². The van der Waals surface area contributed by atoms with Crippen molar-refractivity contribution in [3.63, 3.8) is 0 Å². The smallest absolute Gasteiger partial charge is 0.255 e. The maximum absolute atomic E-state index is 11.7. The fourth-order valence-corrected chi connectivity index (χ4v) is 2.33. The molecular formula is C13H22N4O. The van der Waals surface area contributed by atoms with Gasteiger partial charge in [0, 0.05) is 12.1 Å². The van der Waals surface area contributed by atoms with E-state index in [1.807, 2.05) is 13.8 Å². The van der Waals surface area contributed by atoms with E-state index >= 15 is 0 Å². The maximum atomic E-state index is 11.7. The predicted octanol–water partition coefficient (Wildman–Crippen LogP) is 1.05. The highest BCUT2D eigenvalue weighted by Gasteiger charge is 2.13. The SMILES string of the molecule is CCc1nc(NCC2CCNCC2)[nH]c(=O)c1C. The Labute approximate surface area is 107 Å². The highest BCUT2D eigenvalue weighted by molar-refractivity contribution is 5.29. The van der Waals surface area contributed by atoms with Crippen LogP contribution >= 0.6 is 0 Å². The number of aromatic amines is 1. The van der Waals surface area contributed by atoms with Crippen molar-refractivity contribution in [2.24, 2.45) is 5.92 Å². The normalized spacial score (nSPS) is 16.8. The van der Waals surface area contributed by atoms with Crippen molar-refractivity contribution in [2.45, 2.75) is 33.1 Å². The van der Waals surface area contributed by atoms with Gasteiger partial charge >= 0.3 is 0 Å². The average molecular weight is 250 g/mol. The lowest BCUT2D eigenvalue weighted by molar-refractivity contribution is 0.389. The Bertz CT molecular complexity index is 449. The van der Waals surface area contributed by atoms with Gasteiger partial charge < -0.3 is 10.6 Å². The summed E-state index contributed by atoms with van der Waals surface area (Å²) in [6.45, 7) is 6.90. The monoisotopic (exact) mass is 250 g/mol. The maximum Gasteiger partial charge on any atom is 0.255 e. The molecule has 0 aromatic carbocycles. The van der Waals surface area contributed by atoms with Gasteiger partial charge in [0.05, 0.1) is 5.69 Å². The molecule has 0 amide bonds. The minimum Gasteiger partial charge on any atom is -0.355 e. The van der Waals surface area contributed by atoms with Gasteiger partial charge in [-0.05, 0) is 45.2 Å². The van der Waals surface area contributed by atoms with Gasteiger partial charge in [-0.25, -0.2) is 4.98 Å². The van der Waals surface area contributed by atoms with Crippen molar-refractivity contribution in [1.82, 2.24) is 15.3 Å². The van der Waals surface area contributed by atoms with Gasteiger partial charge in [0.15, 0.2) is 0 Å². The van der Waals surface area contributed by atoms with Crippen molar-refractivity contribution >= 4 is 5.95 Å². The first-order valence-electron chi connectivity index (χ1n) is 6.75. The first-order valence-corrected chi connectivity index (χ1v) is 6.75. The van der Waals surface area contributed by atoms with Gasteiger partial charge in [-0.15, -0.1) is 0 Å². The lowest BCUT2D eigenvalue weighted by atomic mass is 9.98.